The van der Waals surface area contributed by atoms with Crippen molar-refractivity contribution in [2.45, 2.75) is 37.9 Å². The number of nitrogens with one attached hydrogen (secondary N) is 2. The molecule has 2 N–H and O–H groups in total. The Morgan fingerprint density at radius 2 is 2.12 bits per heavy atom. The number of aromatic amines is 1. The monoisotopic (exact) mass is 372 g/mol. The summed E-state index contributed by atoms with van der Waals surface area (Å²) >= 11 is 1.19. The molecule has 0 spiro atoms. The van der Waals surface area contributed by atoms with Gasteiger partial charge in [-0.2, -0.15) is 10.1 Å². The number of para-hydroxylation sites is 1. The van der Waals surface area contributed by atoms with Gasteiger partial charge in [0.15, 0.2) is 5.16 Å². The van der Waals surface area contributed by atoms with Gasteiger partial charge in [0.05, 0.1) is 16.7 Å². The van der Waals surface area contributed by atoms with E-state index < -0.39 is 0 Å². The first-order chi connectivity index (χ1) is 12.4. The molecule has 0 aliphatic rings. The lowest BCUT2D eigenvalue weighted by Gasteiger charge is -2.24. The Hall–Kier alpha value is -2.68. The van der Waals surface area contributed by atoms with Crippen molar-refractivity contribution in [2.24, 2.45) is 0 Å². The molecule has 3 aromatic rings. The maximum Gasteiger partial charge on any atom is 0.269 e. The van der Waals surface area contributed by atoms with Crippen LogP contribution in [-0.4, -0.2) is 41.9 Å². The molecule has 1 aromatic carbocycles. The number of rotatable bonds is 6. The summed E-state index contributed by atoms with van der Waals surface area (Å²) < 4.78 is 1.35. The first-order valence-corrected chi connectivity index (χ1v) is 9.21. The Bertz CT molecular complexity index is 981. The summed E-state index contributed by atoms with van der Waals surface area (Å²) in [6.45, 7) is 5.95. The fourth-order valence-electron chi connectivity index (χ4n) is 2.33. The second-order valence-electron chi connectivity index (χ2n) is 6.44. The van der Waals surface area contributed by atoms with Crippen molar-refractivity contribution in [3.8, 4) is 5.95 Å². The van der Waals surface area contributed by atoms with Crippen LogP contribution in [0.15, 0.2) is 40.5 Å². The Kier molecular flexibility index (Phi) is 5.08. The highest BCUT2D eigenvalue weighted by atomic mass is 32.2. The molecule has 1 amide bonds. The smallest absolute Gasteiger partial charge is 0.269 e. The second kappa shape index (κ2) is 7.28. The van der Waals surface area contributed by atoms with Crippen molar-refractivity contribution in [2.75, 3.05) is 5.75 Å². The Morgan fingerprint density at radius 3 is 2.81 bits per heavy atom. The second-order valence-corrected chi connectivity index (χ2v) is 7.38. The molecule has 0 unspecified atom stereocenters. The minimum Gasteiger partial charge on any atom is -0.351 e. The van der Waals surface area contributed by atoms with E-state index >= 15 is 0 Å². The lowest BCUT2D eigenvalue weighted by molar-refractivity contribution is -0.120. The van der Waals surface area contributed by atoms with E-state index in [1.54, 1.807) is 18.2 Å². The third kappa shape index (κ3) is 3.77. The average Bonchev–Trinajstić information content (AvgIpc) is 3.14. The lowest BCUT2D eigenvalue weighted by atomic mass is 10.0. The molecule has 0 aliphatic carbocycles. The van der Waals surface area contributed by atoms with E-state index in [9.17, 15) is 9.59 Å². The van der Waals surface area contributed by atoms with E-state index in [1.165, 1.54) is 22.7 Å². The van der Waals surface area contributed by atoms with Crippen molar-refractivity contribution < 1.29 is 4.79 Å². The summed E-state index contributed by atoms with van der Waals surface area (Å²) in [5, 5.41) is 10.3. The SMILES string of the molecule is CCC(C)(C)NC(=O)CSc1nc2ccccc2c(=O)n1-c1ncn[nH]1. The van der Waals surface area contributed by atoms with Crippen LogP contribution in [0.25, 0.3) is 16.9 Å². The van der Waals surface area contributed by atoms with Crippen LogP contribution in [0.4, 0.5) is 0 Å². The van der Waals surface area contributed by atoms with E-state index in [-0.39, 0.29) is 28.7 Å². The zero-order valence-electron chi connectivity index (χ0n) is 14.8. The summed E-state index contributed by atoms with van der Waals surface area (Å²) in [6.07, 6.45) is 2.14. The highest BCUT2D eigenvalue weighted by molar-refractivity contribution is 7.99. The summed E-state index contributed by atoms with van der Waals surface area (Å²) in [6, 6.07) is 7.08. The minimum atomic E-state index is -0.279. The van der Waals surface area contributed by atoms with Gasteiger partial charge < -0.3 is 5.32 Å². The molecule has 0 radical (unpaired) electrons. The van der Waals surface area contributed by atoms with Gasteiger partial charge in [-0.25, -0.2) is 14.6 Å². The molecule has 0 saturated carbocycles. The number of hydrogen-bond acceptors (Lipinski definition) is 6. The molecule has 0 atom stereocenters. The number of fused-ring (bicyclic) bond motifs is 1. The van der Waals surface area contributed by atoms with Gasteiger partial charge in [0.25, 0.3) is 5.56 Å². The van der Waals surface area contributed by atoms with Crippen LogP contribution in [0.3, 0.4) is 0 Å². The number of carbonyl (C=O) groups excluding carboxylic acids is 1. The van der Waals surface area contributed by atoms with Crippen LogP contribution < -0.4 is 10.9 Å². The van der Waals surface area contributed by atoms with E-state index in [1.807, 2.05) is 26.8 Å². The number of nitrogens with zero attached hydrogens (tertiary/aromatic N) is 4. The third-order valence-electron chi connectivity index (χ3n) is 4.05. The maximum absolute atomic E-state index is 12.9. The molecule has 0 fully saturated rings. The Labute approximate surface area is 154 Å². The van der Waals surface area contributed by atoms with Gasteiger partial charge in [-0.15, -0.1) is 0 Å². The van der Waals surface area contributed by atoms with E-state index in [0.717, 1.165) is 6.42 Å². The van der Waals surface area contributed by atoms with Crippen molar-refractivity contribution in [3.05, 3.63) is 40.9 Å². The largest absolute Gasteiger partial charge is 0.351 e. The number of carbonyl (C=O) groups is 1. The van der Waals surface area contributed by atoms with E-state index in [0.29, 0.717) is 16.1 Å². The van der Waals surface area contributed by atoms with Gasteiger partial charge in [0.1, 0.15) is 6.33 Å². The minimum absolute atomic E-state index is 0.117. The molecule has 0 aliphatic heterocycles. The number of hydrogen-bond donors (Lipinski definition) is 2. The molecule has 3 rings (SSSR count). The molecular weight excluding hydrogens is 352 g/mol. The van der Waals surface area contributed by atoms with Gasteiger partial charge in [-0.1, -0.05) is 30.8 Å². The van der Waals surface area contributed by atoms with Crippen molar-refractivity contribution in [1.82, 2.24) is 30.0 Å². The number of aromatic nitrogens is 5. The number of amides is 1. The molecule has 8 nitrogen and oxygen atoms in total. The molecular formula is C17H20N6O2S. The van der Waals surface area contributed by atoms with Crippen LogP contribution in [0, 0.1) is 0 Å². The van der Waals surface area contributed by atoms with Crippen LogP contribution >= 0.6 is 11.8 Å². The van der Waals surface area contributed by atoms with Crippen molar-refractivity contribution in [3.63, 3.8) is 0 Å². The highest BCUT2D eigenvalue weighted by Gasteiger charge is 2.20. The molecule has 2 aromatic heterocycles. The number of benzene rings is 1. The van der Waals surface area contributed by atoms with Crippen LogP contribution in [0.2, 0.25) is 0 Å². The van der Waals surface area contributed by atoms with Crippen molar-refractivity contribution >= 4 is 28.6 Å². The average molecular weight is 372 g/mol. The van der Waals surface area contributed by atoms with Crippen LogP contribution in [0.5, 0.6) is 0 Å². The fourth-order valence-corrected chi connectivity index (χ4v) is 3.13. The summed E-state index contributed by atoms with van der Waals surface area (Å²) in [5.74, 6) is 0.293. The molecule has 2 heterocycles. The predicted octanol–water partition coefficient (Wildman–Crippen LogP) is 1.90. The van der Waals surface area contributed by atoms with Gasteiger partial charge in [0, 0.05) is 5.54 Å². The number of H-pyrrole nitrogens is 1. The van der Waals surface area contributed by atoms with E-state index in [2.05, 4.69) is 25.5 Å². The Balaban J connectivity index is 1.96. The Morgan fingerprint density at radius 1 is 1.35 bits per heavy atom. The standard InChI is InChI=1S/C17H20N6O2S/c1-4-17(2,3)21-13(24)9-26-16-20-12-8-6-5-7-11(12)14(25)23(16)15-18-10-19-22-15/h5-8,10H,4,9H2,1-3H3,(H,21,24)(H,18,19,22). The lowest BCUT2D eigenvalue weighted by Crippen LogP contribution is -2.43. The zero-order valence-corrected chi connectivity index (χ0v) is 15.6. The third-order valence-corrected chi connectivity index (χ3v) is 4.99. The molecule has 9 heteroatoms. The van der Waals surface area contributed by atoms with E-state index in [4.69, 9.17) is 0 Å². The predicted molar refractivity (Wildman–Crippen MR) is 101 cm³/mol. The first-order valence-electron chi connectivity index (χ1n) is 8.22. The topological polar surface area (TPSA) is 106 Å². The molecule has 136 valence electrons. The van der Waals surface area contributed by atoms with Crippen molar-refractivity contribution in [1.29, 1.82) is 0 Å². The van der Waals surface area contributed by atoms with Gasteiger partial charge in [0.2, 0.25) is 11.9 Å². The summed E-state index contributed by atoms with van der Waals surface area (Å²) in [5.41, 5.74) is 0.0354. The molecule has 0 bridgehead atoms. The highest BCUT2D eigenvalue weighted by Crippen LogP contribution is 2.20. The number of thioether (sulfide) groups is 1. The normalized spacial score (nSPS) is 11.7. The van der Waals surface area contributed by atoms with Gasteiger partial charge >= 0.3 is 0 Å². The van der Waals surface area contributed by atoms with Crippen LogP contribution in [0.1, 0.15) is 27.2 Å². The summed E-state index contributed by atoms with van der Waals surface area (Å²) in [7, 11) is 0. The molecule has 0 saturated heterocycles. The zero-order chi connectivity index (χ0) is 18.7. The quantitative estimate of drug-likeness (QED) is 0.506. The van der Waals surface area contributed by atoms with Gasteiger partial charge in [-0.3, -0.25) is 9.59 Å². The summed E-state index contributed by atoms with van der Waals surface area (Å²) in [4.78, 5) is 33.7. The van der Waals surface area contributed by atoms with Gasteiger partial charge in [-0.05, 0) is 32.4 Å². The fraction of sp³-hybridized carbons (Fsp3) is 0.353. The maximum atomic E-state index is 12.9. The van der Waals surface area contributed by atoms with Crippen LogP contribution in [-0.2, 0) is 4.79 Å². The first kappa shape index (κ1) is 18.1. The molecule has 26 heavy (non-hydrogen) atoms.